The van der Waals surface area contributed by atoms with Crippen LogP contribution in [0.1, 0.15) is 34.8 Å². The van der Waals surface area contributed by atoms with E-state index in [1.54, 1.807) is 19.1 Å². The number of nitrogens with zero attached hydrogens (tertiary/aromatic N) is 3. The lowest BCUT2D eigenvalue weighted by Crippen LogP contribution is -2.49. The lowest BCUT2D eigenvalue weighted by molar-refractivity contribution is -0.143. The summed E-state index contributed by atoms with van der Waals surface area (Å²) in [5.74, 6) is -1.62. The van der Waals surface area contributed by atoms with Crippen molar-refractivity contribution in [2.24, 2.45) is 0 Å². The molecule has 0 saturated carbocycles. The van der Waals surface area contributed by atoms with Gasteiger partial charge in [-0.2, -0.15) is 13.2 Å². The van der Waals surface area contributed by atoms with E-state index >= 15 is 0 Å². The lowest BCUT2D eigenvalue weighted by Gasteiger charge is -2.35. The molecule has 2 amide bonds. The summed E-state index contributed by atoms with van der Waals surface area (Å²) in [6.07, 6.45) is -5.18. The van der Waals surface area contributed by atoms with E-state index in [4.69, 9.17) is 14.9 Å². The Morgan fingerprint density at radius 2 is 1.71 bits per heavy atom. The Hall–Kier alpha value is -3.97. The smallest absolute Gasteiger partial charge is 0.417 e. The normalized spacial score (nSPS) is 18.2. The standard InChI is InChI=1S/C28H32F3N5O5/c1-2-40-24(37)11-12-34-13-15-35(16-14-34)17-21-18-36(27(39)41-21)20-9-7-19(8-10-20)25(32)33-26(38)22-5-3-4-6-23(22)28(29,30)31/h3-10,21H,2,11-18H2,1H3,(H2,32,33,38). The summed E-state index contributed by atoms with van der Waals surface area (Å²) in [4.78, 5) is 42.5. The molecule has 10 nitrogen and oxygen atoms in total. The molecule has 4 rings (SSSR count). The fraction of sp³-hybridized carbons (Fsp3) is 0.429. The van der Waals surface area contributed by atoms with E-state index in [9.17, 15) is 27.6 Å². The number of benzene rings is 2. The topological polar surface area (TPSA) is 115 Å². The first-order valence-electron chi connectivity index (χ1n) is 13.3. The second kappa shape index (κ2) is 13.1. The molecule has 0 radical (unpaired) electrons. The number of carbonyl (C=O) groups is 3. The van der Waals surface area contributed by atoms with Gasteiger partial charge in [0.1, 0.15) is 11.9 Å². The van der Waals surface area contributed by atoms with Crippen LogP contribution in [0.5, 0.6) is 0 Å². The van der Waals surface area contributed by atoms with Crippen LogP contribution in [0.15, 0.2) is 48.5 Å². The van der Waals surface area contributed by atoms with Crippen molar-refractivity contribution in [3.63, 3.8) is 0 Å². The number of cyclic esters (lactones) is 1. The van der Waals surface area contributed by atoms with Crippen molar-refractivity contribution in [2.75, 3.05) is 57.3 Å². The van der Waals surface area contributed by atoms with Gasteiger partial charge in [0.05, 0.1) is 30.7 Å². The Bertz CT molecular complexity index is 1260. The van der Waals surface area contributed by atoms with Gasteiger partial charge >= 0.3 is 18.2 Å². The zero-order valence-corrected chi connectivity index (χ0v) is 22.6. The highest BCUT2D eigenvalue weighted by molar-refractivity contribution is 6.12. The molecule has 2 aromatic carbocycles. The molecule has 13 heteroatoms. The third kappa shape index (κ3) is 7.82. The first-order chi connectivity index (χ1) is 19.5. The van der Waals surface area contributed by atoms with Gasteiger partial charge in [-0.05, 0) is 43.3 Å². The lowest BCUT2D eigenvalue weighted by atomic mass is 10.1. The highest BCUT2D eigenvalue weighted by Crippen LogP contribution is 2.32. The first-order valence-corrected chi connectivity index (χ1v) is 13.3. The van der Waals surface area contributed by atoms with Crippen LogP contribution >= 0.6 is 0 Å². The summed E-state index contributed by atoms with van der Waals surface area (Å²) in [6.45, 7) is 6.89. The maximum absolute atomic E-state index is 13.2. The van der Waals surface area contributed by atoms with Crippen molar-refractivity contribution in [1.82, 2.24) is 15.1 Å². The molecule has 0 aromatic heterocycles. The van der Waals surface area contributed by atoms with Crippen LogP contribution in [0.3, 0.4) is 0 Å². The van der Waals surface area contributed by atoms with E-state index in [1.165, 1.54) is 29.2 Å². The second-order valence-corrected chi connectivity index (χ2v) is 9.73. The predicted octanol–water partition coefficient (Wildman–Crippen LogP) is 3.36. The molecule has 2 aliphatic rings. The van der Waals surface area contributed by atoms with Gasteiger partial charge in [-0.1, -0.05) is 12.1 Å². The summed E-state index contributed by atoms with van der Waals surface area (Å²) in [6, 6.07) is 10.6. The molecule has 2 fully saturated rings. The van der Waals surface area contributed by atoms with Crippen LogP contribution in [0.2, 0.25) is 0 Å². The van der Waals surface area contributed by atoms with Crippen LogP contribution in [0.4, 0.5) is 23.7 Å². The van der Waals surface area contributed by atoms with Crippen LogP contribution in [0, 0.1) is 5.41 Å². The summed E-state index contributed by atoms with van der Waals surface area (Å²) in [5.41, 5.74) is -0.868. The van der Waals surface area contributed by atoms with Crippen molar-refractivity contribution in [2.45, 2.75) is 25.6 Å². The number of hydrogen-bond donors (Lipinski definition) is 2. The zero-order valence-electron chi connectivity index (χ0n) is 22.6. The fourth-order valence-electron chi connectivity index (χ4n) is 4.78. The number of rotatable bonds is 9. The number of amidine groups is 1. The number of nitrogens with one attached hydrogen (secondary N) is 2. The van der Waals surface area contributed by atoms with Gasteiger partial charge < -0.3 is 19.7 Å². The molecule has 0 aliphatic carbocycles. The predicted molar refractivity (Wildman–Crippen MR) is 144 cm³/mol. The molecule has 1 unspecified atom stereocenters. The number of hydrogen-bond acceptors (Lipinski definition) is 8. The van der Waals surface area contributed by atoms with Gasteiger partial charge in [0, 0.05) is 50.5 Å². The number of piperazine rings is 1. The summed E-state index contributed by atoms with van der Waals surface area (Å²) < 4.78 is 50.3. The van der Waals surface area contributed by atoms with E-state index in [0.717, 1.165) is 38.3 Å². The van der Waals surface area contributed by atoms with Gasteiger partial charge in [-0.15, -0.1) is 0 Å². The average molecular weight is 576 g/mol. The molecular formula is C28H32F3N5O5. The Morgan fingerprint density at radius 1 is 1.05 bits per heavy atom. The molecule has 2 heterocycles. The molecule has 220 valence electrons. The van der Waals surface area contributed by atoms with E-state index in [-0.39, 0.29) is 23.5 Å². The Kier molecular flexibility index (Phi) is 9.61. The monoisotopic (exact) mass is 575 g/mol. The van der Waals surface area contributed by atoms with E-state index in [2.05, 4.69) is 15.1 Å². The molecule has 2 aliphatic heterocycles. The maximum atomic E-state index is 13.2. The molecule has 0 spiro atoms. The zero-order chi connectivity index (χ0) is 29.6. The van der Waals surface area contributed by atoms with Gasteiger partial charge in [-0.25, -0.2) is 4.79 Å². The summed E-state index contributed by atoms with van der Waals surface area (Å²) in [7, 11) is 0. The SMILES string of the molecule is CCOC(=O)CCN1CCN(CC2CN(c3ccc(C(=N)NC(=O)c4ccccc4C(F)(F)F)cc3)C(=O)O2)CC1. The maximum Gasteiger partial charge on any atom is 0.417 e. The Labute approximate surface area is 235 Å². The van der Waals surface area contributed by atoms with Crippen LogP contribution in [-0.2, 0) is 20.4 Å². The van der Waals surface area contributed by atoms with Crippen molar-refractivity contribution < 1.29 is 37.0 Å². The van der Waals surface area contributed by atoms with Crippen molar-refractivity contribution in [1.29, 1.82) is 5.41 Å². The highest BCUT2D eigenvalue weighted by Gasteiger charge is 2.36. The first kappa shape index (κ1) is 30.0. The van der Waals surface area contributed by atoms with Gasteiger partial charge in [0.15, 0.2) is 0 Å². The highest BCUT2D eigenvalue weighted by atomic mass is 19.4. The quantitative estimate of drug-likeness (QED) is 0.268. The van der Waals surface area contributed by atoms with Crippen LogP contribution in [-0.4, -0.2) is 92.1 Å². The van der Waals surface area contributed by atoms with Gasteiger partial charge in [-0.3, -0.25) is 24.8 Å². The number of alkyl halides is 3. The molecule has 41 heavy (non-hydrogen) atoms. The molecular weight excluding hydrogens is 543 g/mol. The van der Waals surface area contributed by atoms with Crippen molar-refractivity contribution in [3.8, 4) is 0 Å². The number of anilines is 1. The Balaban J connectivity index is 1.27. The Morgan fingerprint density at radius 3 is 2.37 bits per heavy atom. The molecule has 2 saturated heterocycles. The van der Waals surface area contributed by atoms with Gasteiger partial charge in [0.2, 0.25) is 0 Å². The number of carbonyl (C=O) groups excluding carboxylic acids is 3. The van der Waals surface area contributed by atoms with Crippen LogP contribution < -0.4 is 10.2 Å². The van der Waals surface area contributed by atoms with E-state index in [1.807, 2.05) is 0 Å². The summed E-state index contributed by atoms with van der Waals surface area (Å²) >= 11 is 0. The second-order valence-electron chi connectivity index (χ2n) is 9.73. The van der Waals surface area contributed by atoms with Crippen molar-refractivity contribution in [3.05, 3.63) is 65.2 Å². The van der Waals surface area contributed by atoms with Crippen molar-refractivity contribution >= 4 is 29.5 Å². The fourth-order valence-corrected chi connectivity index (χ4v) is 4.78. The van der Waals surface area contributed by atoms with Gasteiger partial charge in [0.25, 0.3) is 5.91 Å². The molecule has 1 atom stereocenters. The minimum Gasteiger partial charge on any atom is -0.466 e. The number of amides is 2. The minimum atomic E-state index is -4.71. The largest absolute Gasteiger partial charge is 0.466 e. The average Bonchev–Trinajstić information content (AvgIpc) is 3.32. The number of ether oxygens (including phenoxy) is 2. The molecule has 2 aromatic rings. The van der Waals surface area contributed by atoms with Crippen LogP contribution in [0.25, 0.3) is 0 Å². The van der Waals surface area contributed by atoms with E-state index in [0.29, 0.717) is 38.3 Å². The minimum absolute atomic E-state index is 0.200. The van der Waals surface area contributed by atoms with E-state index < -0.39 is 29.3 Å². The summed E-state index contributed by atoms with van der Waals surface area (Å²) in [5, 5.41) is 10.4. The number of esters is 1. The molecule has 2 N–H and O–H groups in total. The molecule has 0 bridgehead atoms. The third-order valence-corrected chi connectivity index (χ3v) is 6.92. The number of halogens is 3. The third-order valence-electron chi connectivity index (χ3n) is 6.92.